The van der Waals surface area contributed by atoms with E-state index in [0.29, 0.717) is 60.1 Å². The number of hydrogen-bond donors (Lipinski definition) is 3. The predicted octanol–water partition coefficient (Wildman–Crippen LogP) is 4.04. The van der Waals surface area contributed by atoms with Crippen molar-refractivity contribution in [2.24, 2.45) is 0 Å². The molecule has 1 fully saturated rings. The van der Waals surface area contributed by atoms with Crippen molar-refractivity contribution in [3.05, 3.63) is 70.3 Å². The van der Waals surface area contributed by atoms with Crippen molar-refractivity contribution in [2.45, 2.75) is 6.42 Å². The second-order valence-corrected chi connectivity index (χ2v) is 11.3. The van der Waals surface area contributed by atoms with Gasteiger partial charge in [0.15, 0.2) is 5.75 Å². The van der Waals surface area contributed by atoms with Gasteiger partial charge in [-0.05, 0) is 66.6 Å². The zero-order chi connectivity index (χ0) is 28.3. The molecule has 0 unspecified atom stereocenters. The minimum atomic E-state index is -3.58. The predicted molar refractivity (Wildman–Crippen MR) is 152 cm³/mol. The maximum atomic E-state index is 13.0. The van der Waals surface area contributed by atoms with Gasteiger partial charge in [0.05, 0.1) is 59.3 Å². The van der Waals surface area contributed by atoms with Crippen molar-refractivity contribution in [3.8, 4) is 16.9 Å². The highest BCUT2D eigenvalue weighted by Gasteiger charge is 2.22. The van der Waals surface area contributed by atoms with Gasteiger partial charge < -0.3 is 20.1 Å². The van der Waals surface area contributed by atoms with Crippen LogP contribution in [0.4, 0.5) is 28.4 Å². The van der Waals surface area contributed by atoms with Gasteiger partial charge in [0.2, 0.25) is 10.0 Å². The van der Waals surface area contributed by atoms with E-state index in [4.69, 9.17) is 9.47 Å². The fourth-order valence-corrected chi connectivity index (χ4v) is 5.82. The van der Waals surface area contributed by atoms with E-state index in [2.05, 4.69) is 20.3 Å². The van der Waals surface area contributed by atoms with Crippen LogP contribution in [0.3, 0.4) is 0 Å². The molecule has 3 N–H and O–H groups in total. The second-order valence-electron chi connectivity index (χ2n) is 9.47. The molecule has 40 heavy (non-hydrogen) atoms. The first-order valence-corrected chi connectivity index (χ1v) is 14.4. The van der Waals surface area contributed by atoms with Gasteiger partial charge in [-0.2, -0.15) is 0 Å². The molecule has 0 atom stereocenters. The highest BCUT2D eigenvalue weighted by molar-refractivity contribution is 7.92. The van der Waals surface area contributed by atoms with E-state index in [1.807, 2.05) is 0 Å². The van der Waals surface area contributed by atoms with E-state index < -0.39 is 14.9 Å². The van der Waals surface area contributed by atoms with Crippen molar-refractivity contribution in [3.63, 3.8) is 0 Å². The number of morpholine rings is 1. The lowest BCUT2D eigenvalue weighted by Gasteiger charge is -2.26. The largest absolute Gasteiger partial charge is 0.490 e. The average Bonchev–Trinajstić information content (AvgIpc) is 3.07. The fraction of sp³-hybridized carbons (Fsp3) is 0.296. The highest BCUT2D eigenvalue weighted by atomic mass is 32.2. The number of carbonyl (C=O) groups is 1. The monoisotopic (exact) mass is 567 g/mol. The summed E-state index contributed by atoms with van der Waals surface area (Å²) in [6.07, 6.45) is 0.497. The number of nitrogens with one attached hydrogen (secondary N) is 3. The van der Waals surface area contributed by atoms with Gasteiger partial charge in [-0.15, -0.1) is 0 Å². The zero-order valence-electron chi connectivity index (χ0n) is 21.8. The molecule has 5 rings (SSSR count). The smallest absolute Gasteiger partial charge is 0.310 e. The minimum Gasteiger partial charge on any atom is -0.490 e. The van der Waals surface area contributed by atoms with Crippen LogP contribution in [-0.4, -0.2) is 69.9 Å². The maximum Gasteiger partial charge on any atom is 0.310 e. The fourth-order valence-electron chi connectivity index (χ4n) is 4.72. The zero-order valence-corrected chi connectivity index (χ0v) is 22.6. The van der Waals surface area contributed by atoms with Gasteiger partial charge in [0, 0.05) is 19.2 Å². The van der Waals surface area contributed by atoms with E-state index in [-0.39, 0.29) is 23.1 Å². The van der Waals surface area contributed by atoms with Crippen LogP contribution in [0.25, 0.3) is 11.1 Å². The summed E-state index contributed by atoms with van der Waals surface area (Å²) in [4.78, 5) is 25.9. The molecule has 0 spiro atoms. The van der Waals surface area contributed by atoms with Gasteiger partial charge >= 0.3 is 5.69 Å². The lowest BCUT2D eigenvalue weighted by Crippen LogP contribution is -2.37. The average molecular weight is 568 g/mol. The summed E-state index contributed by atoms with van der Waals surface area (Å²) in [5.74, 6) is -0.252. The number of benzene rings is 3. The molecule has 12 nitrogen and oxygen atoms in total. The number of nitro benzene ring substituents is 1. The molecule has 0 saturated carbocycles. The molecule has 1 saturated heterocycles. The molecule has 3 aromatic rings. The standard InChI is InChI=1S/C27H29N5O7S/c1-38-26-16-19(4-8-25(26)32(34)35)18-3-6-21-23(15-18)28-22-7-5-20(17-24(22)29-27(21)33)30-40(36,37)14-2-9-31-10-12-39-13-11-31/h3-8,15-17,28,30H,2,9-14H2,1H3,(H,29,33). The van der Waals surface area contributed by atoms with E-state index in [1.54, 1.807) is 48.5 Å². The highest BCUT2D eigenvalue weighted by Crippen LogP contribution is 2.38. The van der Waals surface area contributed by atoms with Crippen LogP contribution >= 0.6 is 0 Å². The number of anilines is 4. The molecular formula is C27H29N5O7S. The number of hydrogen-bond acceptors (Lipinski definition) is 9. The quantitative estimate of drug-likeness (QED) is 0.257. The van der Waals surface area contributed by atoms with Crippen LogP contribution in [0.15, 0.2) is 54.6 Å². The Morgan fingerprint density at radius 2 is 1.75 bits per heavy atom. The van der Waals surface area contributed by atoms with Gasteiger partial charge in [0.1, 0.15) is 0 Å². The number of nitro groups is 1. The van der Waals surface area contributed by atoms with E-state index >= 15 is 0 Å². The van der Waals surface area contributed by atoms with Crippen molar-refractivity contribution in [2.75, 3.05) is 61.1 Å². The Morgan fingerprint density at radius 3 is 2.50 bits per heavy atom. The summed E-state index contributed by atoms with van der Waals surface area (Å²) in [7, 11) is -2.22. The molecule has 2 aliphatic rings. The number of rotatable bonds is 9. The summed E-state index contributed by atoms with van der Waals surface area (Å²) < 4.78 is 38.5. The third-order valence-electron chi connectivity index (χ3n) is 6.78. The van der Waals surface area contributed by atoms with Crippen molar-refractivity contribution in [1.82, 2.24) is 4.90 Å². The minimum absolute atomic E-state index is 0.0201. The van der Waals surface area contributed by atoms with Crippen LogP contribution in [0.2, 0.25) is 0 Å². The first-order valence-electron chi connectivity index (χ1n) is 12.7. The number of ether oxygens (including phenoxy) is 2. The van der Waals surface area contributed by atoms with Crippen LogP contribution < -0.4 is 20.1 Å². The van der Waals surface area contributed by atoms with Crippen LogP contribution in [0.1, 0.15) is 16.8 Å². The molecule has 0 bridgehead atoms. The van der Waals surface area contributed by atoms with Gasteiger partial charge in [-0.25, -0.2) is 8.42 Å². The Kier molecular flexibility index (Phi) is 7.87. The Hall–Kier alpha value is -4.20. The number of fused-ring (bicyclic) bond motifs is 2. The second kappa shape index (κ2) is 11.5. The molecule has 2 heterocycles. The van der Waals surface area contributed by atoms with Crippen LogP contribution in [-0.2, 0) is 14.8 Å². The number of sulfonamides is 1. The number of nitrogens with zero attached hydrogens (tertiary/aromatic N) is 2. The SMILES string of the molecule is COc1cc(-c2ccc3c(c2)Nc2ccc(NS(=O)(=O)CCCN4CCOCC4)cc2NC3=O)ccc1[N+](=O)[O-]. The Labute approximate surface area is 231 Å². The summed E-state index contributed by atoms with van der Waals surface area (Å²) in [5, 5.41) is 17.3. The summed E-state index contributed by atoms with van der Waals surface area (Å²) in [6.45, 7) is 3.61. The van der Waals surface area contributed by atoms with E-state index in [9.17, 15) is 23.3 Å². The van der Waals surface area contributed by atoms with Crippen LogP contribution in [0, 0.1) is 10.1 Å². The third-order valence-corrected chi connectivity index (χ3v) is 8.15. The van der Waals surface area contributed by atoms with Gasteiger partial charge in [-0.3, -0.25) is 24.5 Å². The maximum absolute atomic E-state index is 13.0. The molecule has 13 heteroatoms. The first-order chi connectivity index (χ1) is 19.2. The Bertz CT molecular complexity index is 1550. The van der Waals surface area contributed by atoms with Crippen molar-refractivity contribution >= 4 is 44.4 Å². The molecule has 0 aliphatic carbocycles. The van der Waals surface area contributed by atoms with Crippen molar-refractivity contribution < 1.29 is 27.6 Å². The summed E-state index contributed by atoms with van der Waals surface area (Å²) in [5.41, 5.74) is 3.52. The summed E-state index contributed by atoms with van der Waals surface area (Å²) >= 11 is 0. The van der Waals surface area contributed by atoms with E-state index in [0.717, 1.165) is 18.7 Å². The molecule has 3 aromatic carbocycles. The van der Waals surface area contributed by atoms with Gasteiger partial charge in [0.25, 0.3) is 5.91 Å². The Morgan fingerprint density at radius 1 is 1.00 bits per heavy atom. The molecule has 210 valence electrons. The normalized spacial score (nSPS) is 15.2. The molecule has 1 amide bonds. The number of amides is 1. The van der Waals surface area contributed by atoms with Gasteiger partial charge in [-0.1, -0.05) is 6.07 Å². The lowest BCUT2D eigenvalue weighted by molar-refractivity contribution is -0.385. The molecular weight excluding hydrogens is 538 g/mol. The topological polar surface area (TPSA) is 152 Å². The summed E-state index contributed by atoms with van der Waals surface area (Å²) in [6, 6.07) is 14.6. The van der Waals surface area contributed by atoms with Crippen molar-refractivity contribution in [1.29, 1.82) is 0 Å². The first kappa shape index (κ1) is 27.4. The number of carbonyl (C=O) groups excluding carboxylic acids is 1. The Balaban J connectivity index is 1.32. The van der Waals surface area contributed by atoms with Crippen LogP contribution in [0.5, 0.6) is 5.75 Å². The lowest BCUT2D eigenvalue weighted by atomic mass is 10.0. The molecule has 2 aliphatic heterocycles. The molecule has 0 radical (unpaired) electrons. The molecule has 0 aromatic heterocycles. The third kappa shape index (κ3) is 6.17. The van der Waals surface area contributed by atoms with E-state index in [1.165, 1.54) is 13.2 Å². The number of methoxy groups -OCH3 is 1.